The van der Waals surface area contributed by atoms with Crippen LogP contribution in [0.5, 0.6) is 0 Å². The SMILES string of the molecule is CSCCC(NC(=O)C(CC(C)C)NC(=O)C(N)CC(C)C)C(=O)NC(CCCCN)C(=O)O. The molecule has 0 saturated heterocycles. The predicted octanol–water partition coefficient (Wildman–Crippen LogP) is 0.827. The number of aliphatic carboxylic acids is 1. The van der Waals surface area contributed by atoms with Crippen molar-refractivity contribution in [1.82, 2.24) is 16.0 Å². The number of rotatable bonds is 18. The zero-order chi connectivity index (χ0) is 26.3. The average molecular weight is 504 g/mol. The van der Waals surface area contributed by atoms with E-state index in [-0.39, 0.29) is 18.3 Å². The van der Waals surface area contributed by atoms with Crippen LogP contribution < -0.4 is 27.4 Å². The third-order valence-corrected chi connectivity index (χ3v) is 5.85. The minimum Gasteiger partial charge on any atom is -0.480 e. The number of nitrogens with two attached hydrogens (primary N) is 2. The van der Waals surface area contributed by atoms with Crippen molar-refractivity contribution in [2.24, 2.45) is 23.3 Å². The first kappa shape index (κ1) is 32.1. The van der Waals surface area contributed by atoms with Crippen LogP contribution in [-0.2, 0) is 19.2 Å². The Morgan fingerprint density at radius 2 is 1.32 bits per heavy atom. The van der Waals surface area contributed by atoms with Crippen LogP contribution in [-0.4, -0.2) is 71.5 Å². The number of nitrogens with one attached hydrogen (secondary N) is 3. The number of amides is 3. The lowest BCUT2D eigenvalue weighted by atomic mass is 10.00. The van der Waals surface area contributed by atoms with E-state index in [1.165, 1.54) is 11.8 Å². The van der Waals surface area contributed by atoms with Gasteiger partial charge in [0.1, 0.15) is 18.1 Å². The Morgan fingerprint density at radius 3 is 1.82 bits per heavy atom. The van der Waals surface area contributed by atoms with Gasteiger partial charge >= 0.3 is 5.97 Å². The molecule has 0 aromatic heterocycles. The van der Waals surface area contributed by atoms with Gasteiger partial charge in [0.15, 0.2) is 0 Å². The number of carbonyl (C=O) groups is 4. The Bertz CT molecular complexity index is 647. The first-order chi connectivity index (χ1) is 15.9. The topological polar surface area (TPSA) is 177 Å². The van der Waals surface area contributed by atoms with Crippen LogP contribution in [0.2, 0.25) is 0 Å². The first-order valence-corrected chi connectivity index (χ1v) is 13.4. The smallest absolute Gasteiger partial charge is 0.326 e. The van der Waals surface area contributed by atoms with Crippen molar-refractivity contribution in [3.8, 4) is 0 Å². The Balaban J connectivity index is 5.40. The molecule has 0 aromatic carbocycles. The van der Waals surface area contributed by atoms with Gasteiger partial charge in [0, 0.05) is 0 Å². The molecule has 11 heteroatoms. The molecule has 34 heavy (non-hydrogen) atoms. The maximum Gasteiger partial charge on any atom is 0.326 e. The third kappa shape index (κ3) is 13.8. The van der Waals surface area contributed by atoms with Gasteiger partial charge in [0.05, 0.1) is 6.04 Å². The van der Waals surface area contributed by atoms with E-state index in [1.807, 2.05) is 34.0 Å². The lowest BCUT2D eigenvalue weighted by Crippen LogP contribution is -2.57. The van der Waals surface area contributed by atoms with Gasteiger partial charge in [-0.15, -0.1) is 0 Å². The van der Waals surface area contributed by atoms with Crippen LogP contribution in [0, 0.1) is 11.8 Å². The highest BCUT2D eigenvalue weighted by Gasteiger charge is 2.30. The third-order valence-electron chi connectivity index (χ3n) is 5.21. The van der Waals surface area contributed by atoms with Crippen LogP contribution in [0.15, 0.2) is 0 Å². The molecule has 0 rings (SSSR count). The zero-order valence-corrected chi connectivity index (χ0v) is 22.1. The molecule has 0 aliphatic carbocycles. The van der Waals surface area contributed by atoms with E-state index in [0.29, 0.717) is 44.4 Å². The molecule has 0 aliphatic heterocycles. The molecule has 0 bridgehead atoms. The molecule has 0 heterocycles. The summed E-state index contributed by atoms with van der Waals surface area (Å²) in [5, 5.41) is 17.5. The minimum atomic E-state index is -1.13. The maximum atomic E-state index is 13.1. The standard InChI is InChI=1S/C23H45N5O5S/c1-14(2)12-16(25)20(29)28-19(13-15(3)4)22(31)26-17(9-11-34-5)21(30)27-18(23(32)33)8-6-7-10-24/h14-19H,6-13,24-25H2,1-5H3,(H,26,31)(H,27,30)(H,28,29)(H,32,33). The molecule has 0 spiro atoms. The Labute approximate surface area is 208 Å². The molecule has 8 N–H and O–H groups in total. The molecule has 0 radical (unpaired) electrons. The number of thioether (sulfide) groups is 1. The van der Waals surface area contributed by atoms with Crippen LogP contribution >= 0.6 is 11.8 Å². The molecule has 4 unspecified atom stereocenters. The second kappa shape index (κ2) is 17.6. The van der Waals surface area contributed by atoms with E-state index < -0.39 is 47.9 Å². The Kier molecular flexibility index (Phi) is 16.6. The first-order valence-electron chi connectivity index (χ1n) is 12.0. The number of unbranched alkanes of at least 4 members (excludes halogenated alkanes) is 1. The van der Waals surface area contributed by atoms with Crippen molar-refractivity contribution in [2.75, 3.05) is 18.6 Å². The van der Waals surface area contributed by atoms with Crippen molar-refractivity contribution in [2.45, 2.75) is 90.4 Å². The van der Waals surface area contributed by atoms with Crippen LogP contribution in [0.25, 0.3) is 0 Å². The Hall–Kier alpha value is -1.85. The van der Waals surface area contributed by atoms with Crippen LogP contribution in [0.3, 0.4) is 0 Å². The summed E-state index contributed by atoms with van der Waals surface area (Å²) in [5.74, 6) is -1.68. The molecule has 0 aliphatic rings. The number of carboxylic acid groups (broad SMARTS) is 1. The van der Waals surface area contributed by atoms with Crippen molar-refractivity contribution in [3.63, 3.8) is 0 Å². The van der Waals surface area contributed by atoms with Gasteiger partial charge in [0.2, 0.25) is 17.7 Å². The summed E-state index contributed by atoms with van der Waals surface area (Å²) in [6, 6.07) is -3.57. The molecule has 10 nitrogen and oxygen atoms in total. The van der Waals surface area contributed by atoms with Gasteiger partial charge in [0.25, 0.3) is 0 Å². The van der Waals surface area contributed by atoms with E-state index in [4.69, 9.17) is 11.5 Å². The van der Waals surface area contributed by atoms with Crippen molar-refractivity contribution >= 4 is 35.5 Å². The van der Waals surface area contributed by atoms with E-state index in [0.717, 1.165) is 0 Å². The molecule has 198 valence electrons. The summed E-state index contributed by atoms with van der Waals surface area (Å²) in [4.78, 5) is 50.1. The summed E-state index contributed by atoms with van der Waals surface area (Å²) >= 11 is 1.51. The molecular weight excluding hydrogens is 458 g/mol. The second-order valence-corrected chi connectivity index (χ2v) is 10.4. The second-order valence-electron chi connectivity index (χ2n) is 9.45. The fourth-order valence-corrected chi connectivity index (χ4v) is 3.87. The molecule has 3 amide bonds. The quantitative estimate of drug-likeness (QED) is 0.149. The molecular formula is C23H45N5O5S. The van der Waals surface area contributed by atoms with E-state index in [2.05, 4.69) is 16.0 Å². The van der Waals surface area contributed by atoms with Crippen molar-refractivity contribution in [3.05, 3.63) is 0 Å². The lowest BCUT2D eigenvalue weighted by molar-refractivity contribution is -0.142. The minimum absolute atomic E-state index is 0.106. The summed E-state index contributed by atoms with van der Waals surface area (Å²) in [7, 11) is 0. The van der Waals surface area contributed by atoms with Crippen LogP contribution in [0.1, 0.15) is 66.2 Å². The van der Waals surface area contributed by atoms with E-state index in [1.54, 1.807) is 0 Å². The van der Waals surface area contributed by atoms with Gasteiger partial charge in [-0.25, -0.2) is 4.79 Å². The fraction of sp³-hybridized carbons (Fsp3) is 0.826. The average Bonchev–Trinajstić information content (AvgIpc) is 2.74. The van der Waals surface area contributed by atoms with Gasteiger partial charge in [-0.05, 0) is 68.9 Å². The molecule has 4 atom stereocenters. The zero-order valence-electron chi connectivity index (χ0n) is 21.3. The highest BCUT2D eigenvalue weighted by atomic mass is 32.2. The van der Waals surface area contributed by atoms with Gasteiger partial charge < -0.3 is 32.5 Å². The maximum absolute atomic E-state index is 13.1. The summed E-state index contributed by atoms with van der Waals surface area (Å²) in [5.41, 5.74) is 11.4. The highest BCUT2D eigenvalue weighted by Crippen LogP contribution is 2.10. The number of carbonyl (C=O) groups excluding carboxylic acids is 3. The molecule has 0 saturated carbocycles. The number of carboxylic acids is 1. The predicted molar refractivity (Wildman–Crippen MR) is 136 cm³/mol. The fourth-order valence-electron chi connectivity index (χ4n) is 3.40. The normalized spacial score (nSPS) is 14.9. The summed E-state index contributed by atoms with van der Waals surface area (Å²) < 4.78 is 0. The Morgan fingerprint density at radius 1 is 0.794 bits per heavy atom. The monoisotopic (exact) mass is 503 g/mol. The van der Waals surface area contributed by atoms with Gasteiger partial charge in [-0.2, -0.15) is 11.8 Å². The largest absolute Gasteiger partial charge is 0.480 e. The highest BCUT2D eigenvalue weighted by molar-refractivity contribution is 7.98. The van der Waals surface area contributed by atoms with E-state index in [9.17, 15) is 24.3 Å². The lowest BCUT2D eigenvalue weighted by Gasteiger charge is -2.26. The van der Waals surface area contributed by atoms with Crippen LogP contribution in [0.4, 0.5) is 0 Å². The number of hydrogen-bond donors (Lipinski definition) is 6. The summed E-state index contributed by atoms with van der Waals surface area (Å²) in [6.07, 6.45) is 4.53. The molecule has 0 aromatic rings. The van der Waals surface area contributed by atoms with Crippen molar-refractivity contribution < 1.29 is 24.3 Å². The van der Waals surface area contributed by atoms with Gasteiger partial charge in [-0.3, -0.25) is 14.4 Å². The van der Waals surface area contributed by atoms with Gasteiger partial charge in [-0.1, -0.05) is 27.7 Å². The summed E-state index contributed by atoms with van der Waals surface area (Å²) in [6.45, 7) is 8.21. The van der Waals surface area contributed by atoms with E-state index >= 15 is 0 Å². The number of hydrogen-bond acceptors (Lipinski definition) is 7. The molecule has 0 fully saturated rings. The van der Waals surface area contributed by atoms with Crippen molar-refractivity contribution in [1.29, 1.82) is 0 Å².